The molecule has 0 spiro atoms. The summed E-state index contributed by atoms with van der Waals surface area (Å²) < 4.78 is 1.85. The number of aliphatic hydroxyl groups is 1. The molecule has 1 aliphatic rings. The molecule has 0 radical (unpaired) electrons. The molecule has 0 saturated heterocycles. The van der Waals surface area contributed by atoms with Gasteiger partial charge < -0.3 is 10.0 Å². The van der Waals surface area contributed by atoms with Gasteiger partial charge in [0.25, 0.3) is 5.91 Å². The van der Waals surface area contributed by atoms with E-state index in [4.69, 9.17) is 0 Å². The van der Waals surface area contributed by atoms with Crippen molar-refractivity contribution in [3.8, 4) is 0 Å². The van der Waals surface area contributed by atoms with Crippen LogP contribution in [-0.2, 0) is 0 Å². The van der Waals surface area contributed by atoms with Gasteiger partial charge in [-0.05, 0) is 56.7 Å². The van der Waals surface area contributed by atoms with E-state index in [1.54, 1.807) is 4.90 Å². The lowest BCUT2D eigenvalue weighted by molar-refractivity contribution is 0.0266. The molecule has 1 amide bonds. The fraction of sp³-hybridized carbons (Fsp3) is 0.545. The first-order valence-electron chi connectivity index (χ1n) is 5.35. The molecule has 1 N–H and O–H groups in total. The zero-order chi connectivity index (χ0) is 12.6. The fourth-order valence-corrected chi connectivity index (χ4v) is 3.99. The van der Waals surface area contributed by atoms with Gasteiger partial charge in [-0.2, -0.15) is 0 Å². The van der Waals surface area contributed by atoms with Crippen LogP contribution in [-0.4, -0.2) is 35.6 Å². The first-order chi connectivity index (χ1) is 7.97. The number of amides is 1. The Morgan fingerprint density at radius 1 is 1.59 bits per heavy atom. The van der Waals surface area contributed by atoms with E-state index in [2.05, 4.69) is 31.9 Å². The van der Waals surface area contributed by atoms with E-state index < -0.39 is 0 Å². The monoisotopic (exact) mass is 381 g/mol. The molecule has 17 heavy (non-hydrogen) atoms. The summed E-state index contributed by atoms with van der Waals surface area (Å²) in [4.78, 5) is 14.6. The number of hydrogen-bond acceptors (Lipinski definition) is 3. The van der Waals surface area contributed by atoms with E-state index in [0.717, 1.165) is 32.5 Å². The van der Waals surface area contributed by atoms with Gasteiger partial charge in [0.2, 0.25) is 0 Å². The molecule has 2 rings (SSSR count). The second kappa shape index (κ2) is 5.38. The first-order valence-corrected chi connectivity index (χ1v) is 7.76. The van der Waals surface area contributed by atoms with Crippen LogP contribution >= 0.6 is 43.2 Å². The zero-order valence-electron chi connectivity index (χ0n) is 9.32. The molecule has 0 bridgehead atoms. The smallest absolute Gasteiger partial charge is 0.263 e. The minimum atomic E-state index is -0.159. The molecule has 0 unspecified atom stereocenters. The van der Waals surface area contributed by atoms with Crippen molar-refractivity contribution in [1.29, 1.82) is 0 Å². The van der Waals surface area contributed by atoms with Crippen LogP contribution in [0.5, 0.6) is 0 Å². The molecular formula is C11H13Br2NO2S. The quantitative estimate of drug-likeness (QED) is 0.872. The molecule has 1 aliphatic carbocycles. The van der Waals surface area contributed by atoms with Crippen LogP contribution in [0.25, 0.3) is 0 Å². The highest BCUT2D eigenvalue weighted by Gasteiger charge is 2.29. The Hall–Kier alpha value is 0.0900. The summed E-state index contributed by atoms with van der Waals surface area (Å²) in [6, 6.07) is 1.84. The molecule has 1 aromatic heterocycles. The molecule has 1 fully saturated rings. The van der Waals surface area contributed by atoms with E-state index in [0.29, 0.717) is 5.92 Å². The lowest BCUT2D eigenvalue weighted by Gasteiger charge is -2.34. The van der Waals surface area contributed by atoms with Crippen LogP contribution in [0.2, 0.25) is 0 Å². The van der Waals surface area contributed by atoms with Crippen molar-refractivity contribution in [3.05, 3.63) is 19.2 Å². The number of thiophene rings is 1. The SMILES string of the molecule is CN(CC1CC(O)C1)C(=O)c1cc(Br)c(Br)s1. The number of hydrogen-bond donors (Lipinski definition) is 1. The Morgan fingerprint density at radius 3 is 2.71 bits per heavy atom. The van der Waals surface area contributed by atoms with Crippen LogP contribution in [0.4, 0.5) is 0 Å². The molecule has 0 atom stereocenters. The van der Waals surface area contributed by atoms with Crippen LogP contribution in [0, 0.1) is 5.92 Å². The van der Waals surface area contributed by atoms with Gasteiger partial charge in [0.15, 0.2) is 0 Å². The Kier molecular flexibility index (Phi) is 4.28. The summed E-state index contributed by atoms with van der Waals surface area (Å²) in [6.07, 6.45) is 1.47. The van der Waals surface area contributed by atoms with Gasteiger partial charge in [-0.1, -0.05) is 0 Å². The maximum Gasteiger partial charge on any atom is 0.263 e. The molecule has 0 aliphatic heterocycles. The number of carbonyl (C=O) groups excluding carboxylic acids is 1. The maximum absolute atomic E-state index is 12.1. The van der Waals surface area contributed by atoms with Crippen molar-refractivity contribution < 1.29 is 9.90 Å². The van der Waals surface area contributed by atoms with Crippen molar-refractivity contribution >= 4 is 49.1 Å². The number of carbonyl (C=O) groups is 1. The molecule has 3 nitrogen and oxygen atoms in total. The van der Waals surface area contributed by atoms with E-state index in [9.17, 15) is 9.90 Å². The maximum atomic E-state index is 12.1. The van der Waals surface area contributed by atoms with Crippen molar-refractivity contribution in [2.75, 3.05) is 13.6 Å². The van der Waals surface area contributed by atoms with Crippen molar-refractivity contribution in [3.63, 3.8) is 0 Å². The molecule has 1 saturated carbocycles. The molecule has 6 heteroatoms. The minimum absolute atomic E-state index is 0.0442. The largest absolute Gasteiger partial charge is 0.393 e. The second-order valence-electron chi connectivity index (χ2n) is 4.41. The first kappa shape index (κ1) is 13.5. The van der Waals surface area contributed by atoms with Gasteiger partial charge in [0.1, 0.15) is 0 Å². The lowest BCUT2D eigenvalue weighted by Crippen LogP contribution is -2.39. The van der Waals surface area contributed by atoms with Gasteiger partial charge in [0.05, 0.1) is 14.8 Å². The van der Waals surface area contributed by atoms with Crippen LogP contribution in [0.15, 0.2) is 14.3 Å². The van der Waals surface area contributed by atoms with Gasteiger partial charge in [-0.25, -0.2) is 0 Å². The Labute approximate surface area is 121 Å². The number of nitrogens with zero attached hydrogens (tertiary/aromatic N) is 1. The third-order valence-electron chi connectivity index (χ3n) is 2.95. The summed E-state index contributed by atoms with van der Waals surface area (Å²) in [7, 11) is 1.81. The highest BCUT2D eigenvalue weighted by atomic mass is 79.9. The number of rotatable bonds is 3. The fourth-order valence-electron chi connectivity index (χ4n) is 1.96. The Bertz CT molecular complexity index is 410. The van der Waals surface area contributed by atoms with Crippen molar-refractivity contribution in [2.45, 2.75) is 18.9 Å². The molecule has 0 aromatic carbocycles. The van der Waals surface area contributed by atoms with E-state index >= 15 is 0 Å². The van der Waals surface area contributed by atoms with Crippen LogP contribution < -0.4 is 0 Å². The highest BCUT2D eigenvalue weighted by Crippen LogP contribution is 2.33. The van der Waals surface area contributed by atoms with Gasteiger partial charge in [-0.3, -0.25) is 4.79 Å². The van der Waals surface area contributed by atoms with Gasteiger partial charge in [-0.15, -0.1) is 11.3 Å². The third kappa shape index (κ3) is 3.10. The minimum Gasteiger partial charge on any atom is -0.393 e. The van der Waals surface area contributed by atoms with Crippen molar-refractivity contribution in [2.24, 2.45) is 5.92 Å². The summed E-state index contributed by atoms with van der Waals surface area (Å²) in [5, 5.41) is 9.21. The molecular weight excluding hydrogens is 370 g/mol. The van der Waals surface area contributed by atoms with Crippen LogP contribution in [0.3, 0.4) is 0 Å². The highest BCUT2D eigenvalue weighted by molar-refractivity contribution is 9.13. The predicted octanol–water partition coefficient (Wildman–Crippen LogP) is 3.12. The Morgan fingerprint density at radius 2 is 2.24 bits per heavy atom. The standard InChI is InChI=1S/C11H13Br2NO2S/c1-14(5-6-2-7(15)3-6)11(16)9-4-8(12)10(13)17-9/h4,6-7,15H,2-3,5H2,1H3. The number of halogens is 2. The normalized spacial score (nSPS) is 23.3. The van der Waals surface area contributed by atoms with E-state index in [-0.39, 0.29) is 12.0 Å². The van der Waals surface area contributed by atoms with E-state index in [1.165, 1.54) is 11.3 Å². The number of aliphatic hydroxyl groups excluding tert-OH is 1. The van der Waals surface area contributed by atoms with Gasteiger partial charge >= 0.3 is 0 Å². The Balaban J connectivity index is 1.95. The average molecular weight is 383 g/mol. The average Bonchev–Trinajstić information content (AvgIpc) is 2.56. The summed E-state index contributed by atoms with van der Waals surface area (Å²) >= 11 is 8.19. The van der Waals surface area contributed by atoms with E-state index in [1.807, 2.05) is 13.1 Å². The van der Waals surface area contributed by atoms with Gasteiger partial charge in [0, 0.05) is 18.1 Å². The zero-order valence-corrected chi connectivity index (χ0v) is 13.3. The van der Waals surface area contributed by atoms with Crippen molar-refractivity contribution in [1.82, 2.24) is 4.90 Å². The molecule has 1 aromatic rings. The molecule has 1 heterocycles. The summed E-state index contributed by atoms with van der Waals surface area (Å²) in [5.41, 5.74) is 0. The van der Waals surface area contributed by atoms with Crippen LogP contribution in [0.1, 0.15) is 22.5 Å². The lowest BCUT2D eigenvalue weighted by atomic mass is 9.82. The predicted molar refractivity (Wildman–Crippen MR) is 75.4 cm³/mol. The summed E-state index contributed by atoms with van der Waals surface area (Å²) in [5.74, 6) is 0.494. The summed E-state index contributed by atoms with van der Waals surface area (Å²) in [6.45, 7) is 0.725. The third-order valence-corrected chi connectivity index (χ3v) is 6.19. The molecule has 94 valence electrons. The second-order valence-corrected chi connectivity index (χ2v) is 7.63. The topological polar surface area (TPSA) is 40.5 Å².